The first-order chi connectivity index (χ1) is 8.45. The Labute approximate surface area is 106 Å². The normalized spacial score (nSPS) is 16.8. The van der Waals surface area contributed by atoms with E-state index in [-0.39, 0.29) is 12.1 Å². The molecule has 0 unspecified atom stereocenters. The van der Waals surface area contributed by atoms with Crippen molar-refractivity contribution in [2.75, 3.05) is 0 Å². The quantitative estimate of drug-likeness (QED) is 0.808. The number of nitrogens with zero attached hydrogens (tertiary/aromatic N) is 1. The summed E-state index contributed by atoms with van der Waals surface area (Å²) >= 11 is 5.79. The van der Waals surface area contributed by atoms with Gasteiger partial charge < -0.3 is 15.1 Å². The van der Waals surface area contributed by atoms with Crippen molar-refractivity contribution in [3.05, 3.63) is 34.9 Å². The highest BCUT2D eigenvalue weighted by molar-refractivity contribution is 6.31. The van der Waals surface area contributed by atoms with Gasteiger partial charge in [0, 0.05) is 10.6 Å². The van der Waals surface area contributed by atoms with Crippen LogP contribution in [0.3, 0.4) is 0 Å². The first kappa shape index (κ1) is 12.4. The molecule has 1 aromatic rings. The lowest BCUT2D eigenvalue weighted by Gasteiger charge is -2.15. The minimum Gasteiger partial charge on any atom is -0.478 e. The van der Waals surface area contributed by atoms with Crippen LogP contribution in [0.5, 0.6) is 0 Å². The number of benzene rings is 1. The molecule has 0 fully saturated rings. The maximum Gasteiger partial charge on any atom is 0.363 e. The molecule has 0 radical (unpaired) electrons. The Morgan fingerprint density at radius 2 is 2.00 bits per heavy atom. The zero-order valence-electron chi connectivity index (χ0n) is 8.96. The lowest BCUT2D eigenvalue weighted by Crippen LogP contribution is -2.46. The van der Waals surface area contributed by atoms with E-state index in [2.05, 4.69) is 9.99 Å². The van der Waals surface area contributed by atoms with E-state index in [0.29, 0.717) is 10.6 Å². The second-order valence-corrected chi connectivity index (χ2v) is 4.19. The van der Waals surface area contributed by atoms with Gasteiger partial charge in [0.2, 0.25) is 0 Å². The van der Waals surface area contributed by atoms with E-state index < -0.39 is 17.5 Å². The van der Waals surface area contributed by atoms with Gasteiger partial charge in [0.05, 0.1) is 12.1 Å². The van der Waals surface area contributed by atoms with Crippen LogP contribution in [0.15, 0.2) is 29.4 Å². The third kappa shape index (κ3) is 1.91. The van der Waals surface area contributed by atoms with E-state index in [1.807, 2.05) is 0 Å². The molecule has 7 heteroatoms. The van der Waals surface area contributed by atoms with E-state index in [1.54, 1.807) is 24.3 Å². The van der Waals surface area contributed by atoms with Crippen molar-refractivity contribution in [1.29, 1.82) is 0 Å². The van der Waals surface area contributed by atoms with Gasteiger partial charge in [-0.25, -0.2) is 9.59 Å². The summed E-state index contributed by atoms with van der Waals surface area (Å²) in [6.07, 6.45) is -0.349. The molecule has 0 bridgehead atoms. The SMILES string of the molecule is O=C(O)C1(C(=O)O)CC(c2cccc(Cl)c2)=NO1. The minimum absolute atomic E-state index is 0.238. The van der Waals surface area contributed by atoms with Crippen molar-refractivity contribution in [2.45, 2.75) is 12.0 Å². The van der Waals surface area contributed by atoms with Gasteiger partial charge in [-0.3, -0.25) is 0 Å². The Morgan fingerprint density at radius 1 is 1.33 bits per heavy atom. The fourth-order valence-electron chi connectivity index (χ4n) is 1.58. The smallest absolute Gasteiger partial charge is 0.363 e. The highest BCUT2D eigenvalue weighted by Crippen LogP contribution is 2.28. The van der Waals surface area contributed by atoms with Gasteiger partial charge in [-0.1, -0.05) is 28.9 Å². The molecule has 0 spiro atoms. The topological polar surface area (TPSA) is 96.2 Å². The Morgan fingerprint density at radius 3 is 2.50 bits per heavy atom. The third-order valence-corrected chi connectivity index (χ3v) is 2.81. The first-order valence-electron chi connectivity index (χ1n) is 4.93. The number of aliphatic carboxylic acids is 2. The predicted molar refractivity (Wildman–Crippen MR) is 61.7 cm³/mol. The standard InChI is InChI=1S/C11H8ClNO5/c12-7-3-1-2-6(4-7)8-5-11(9(14)15,10(16)17)18-13-8/h1-4H,5H2,(H,14,15)(H,16,17). The van der Waals surface area contributed by atoms with Gasteiger partial charge in [0.15, 0.2) is 0 Å². The molecule has 1 heterocycles. The number of carbonyl (C=O) groups is 2. The maximum atomic E-state index is 11.0. The molecular weight excluding hydrogens is 262 g/mol. The number of hydrogen-bond acceptors (Lipinski definition) is 4. The monoisotopic (exact) mass is 269 g/mol. The number of carboxylic acid groups (broad SMARTS) is 2. The summed E-state index contributed by atoms with van der Waals surface area (Å²) in [5.74, 6) is -3.17. The molecule has 0 aliphatic carbocycles. The summed E-state index contributed by atoms with van der Waals surface area (Å²) < 4.78 is 0. The van der Waals surface area contributed by atoms with Gasteiger partial charge in [-0.2, -0.15) is 0 Å². The molecule has 0 saturated heterocycles. The Bertz CT molecular complexity index is 540. The zero-order chi connectivity index (χ0) is 13.3. The van der Waals surface area contributed by atoms with Gasteiger partial charge in [-0.15, -0.1) is 0 Å². The van der Waals surface area contributed by atoms with Crippen LogP contribution in [0.2, 0.25) is 5.02 Å². The van der Waals surface area contributed by atoms with Gasteiger partial charge in [0.1, 0.15) is 0 Å². The number of rotatable bonds is 3. The molecule has 1 aliphatic rings. The van der Waals surface area contributed by atoms with E-state index in [4.69, 9.17) is 21.8 Å². The van der Waals surface area contributed by atoms with Crippen LogP contribution < -0.4 is 0 Å². The second-order valence-electron chi connectivity index (χ2n) is 3.75. The van der Waals surface area contributed by atoms with Crippen LogP contribution in [0, 0.1) is 0 Å². The third-order valence-electron chi connectivity index (χ3n) is 2.58. The van der Waals surface area contributed by atoms with Crippen LogP contribution in [0.25, 0.3) is 0 Å². The molecule has 6 nitrogen and oxygen atoms in total. The number of halogens is 1. The molecule has 2 rings (SSSR count). The highest BCUT2D eigenvalue weighted by atomic mass is 35.5. The summed E-state index contributed by atoms with van der Waals surface area (Å²) in [5.41, 5.74) is -1.58. The minimum atomic E-state index is -2.35. The van der Waals surface area contributed by atoms with Crippen molar-refractivity contribution in [1.82, 2.24) is 0 Å². The molecule has 0 atom stereocenters. The van der Waals surface area contributed by atoms with Crippen LogP contribution in [0.4, 0.5) is 0 Å². The number of hydrogen-bond donors (Lipinski definition) is 2. The van der Waals surface area contributed by atoms with E-state index in [9.17, 15) is 9.59 Å². The zero-order valence-corrected chi connectivity index (χ0v) is 9.72. The molecule has 0 saturated carbocycles. The first-order valence-corrected chi connectivity index (χ1v) is 5.31. The summed E-state index contributed by atoms with van der Waals surface area (Å²) in [7, 11) is 0. The van der Waals surface area contributed by atoms with Gasteiger partial charge >= 0.3 is 17.5 Å². The summed E-state index contributed by atoms with van der Waals surface area (Å²) in [6.45, 7) is 0. The fourth-order valence-corrected chi connectivity index (χ4v) is 1.77. The predicted octanol–water partition coefficient (Wildman–Crippen LogP) is 1.37. The van der Waals surface area contributed by atoms with Crippen LogP contribution in [-0.2, 0) is 14.4 Å². The Hall–Kier alpha value is -2.08. The van der Waals surface area contributed by atoms with Crippen molar-refractivity contribution in [3.8, 4) is 0 Å². The molecular formula is C11H8ClNO5. The highest BCUT2D eigenvalue weighted by Gasteiger charge is 2.54. The summed E-state index contributed by atoms with van der Waals surface area (Å²) in [6, 6.07) is 6.50. The lowest BCUT2D eigenvalue weighted by atomic mass is 9.94. The molecule has 0 amide bonds. The number of oxime groups is 1. The van der Waals surface area contributed by atoms with Crippen molar-refractivity contribution in [3.63, 3.8) is 0 Å². The van der Waals surface area contributed by atoms with Crippen molar-refractivity contribution < 1.29 is 24.6 Å². The average Bonchev–Trinajstić information content (AvgIpc) is 2.75. The Kier molecular flexibility index (Phi) is 2.96. The maximum absolute atomic E-state index is 11.0. The lowest BCUT2D eigenvalue weighted by molar-refractivity contribution is -0.179. The second kappa shape index (κ2) is 4.30. The summed E-state index contributed by atoms with van der Waals surface area (Å²) in [4.78, 5) is 26.6. The van der Waals surface area contributed by atoms with Crippen molar-refractivity contribution >= 4 is 29.3 Å². The van der Waals surface area contributed by atoms with E-state index in [0.717, 1.165) is 0 Å². The molecule has 1 aliphatic heterocycles. The largest absolute Gasteiger partial charge is 0.478 e. The van der Waals surface area contributed by atoms with E-state index >= 15 is 0 Å². The fraction of sp³-hybridized carbons (Fsp3) is 0.182. The molecule has 18 heavy (non-hydrogen) atoms. The molecule has 1 aromatic carbocycles. The van der Waals surface area contributed by atoms with Crippen molar-refractivity contribution in [2.24, 2.45) is 5.16 Å². The Balaban J connectivity index is 2.31. The molecule has 2 N–H and O–H groups in total. The van der Waals surface area contributed by atoms with Gasteiger partial charge in [0.25, 0.3) is 0 Å². The van der Waals surface area contributed by atoms with Crippen LogP contribution >= 0.6 is 11.6 Å². The molecule has 94 valence electrons. The van der Waals surface area contributed by atoms with E-state index in [1.165, 1.54) is 0 Å². The van der Waals surface area contributed by atoms with Crippen LogP contribution in [0.1, 0.15) is 12.0 Å². The van der Waals surface area contributed by atoms with Gasteiger partial charge in [-0.05, 0) is 12.1 Å². The number of carboxylic acids is 2. The average molecular weight is 270 g/mol. The van der Waals surface area contributed by atoms with Crippen LogP contribution in [-0.4, -0.2) is 33.5 Å². The summed E-state index contributed by atoms with van der Waals surface area (Å²) in [5, 5.41) is 21.9. The molecule has 0 aromatic heterocycles.